The number of ether oxygens (including phenoxy) is 1. The van der Waals surface area contributed by atoms with Crippen LogP contribution in [0.25, 0.3) is 0 Å². The zero-order valence-electron chi connectivity index (χ0n) is 12.2. The molecule has 24 heavy (non-hydrogen) atoms. The zero-order valence-corrected chi connectivity index (χ0v) is 13.8. The van der Waals surface area contributed by atoms with Crippen molar-refractivity contribution in [3.8, 4) is 5.88 Å². The summed E-state index contributed by atoms with van der Waals surface area (Å²) in [7, 11) is 1.18. The molecule has 0 spiro atoms. The van der Waals surface area contributed by atoms with Crippen molar-refractivity contribution in [2.45, 2.75) is 12.7 Å². The number of nitrogens with zero attached hydrogens (tertiary/aromatic N) is 1. The lowest BCUT2D eigenvalue weighted by atomic mass is 10.1. The minimum atomic E-state index is -4.73. The number of nitrogens with one attached hydrogen (secondary N) is 1. The minimum absolute atomic E-state index is 0.124. The molecule has 2 aromatic rings. The smallest absolute Gasteiger partial charge is 0.417 e. The highest BCUT2D eigenvalue weighted by Crippen LogP contribution is 2.33. The van der Waals surface area contributed by atoms with Gasteiger partial charge in [0.15, 0.2) is 0 Å². The number of hydrogen-bond acceptors (Lipinski definition) is 3. The molecule has 0 bridgehead atoms. The number of benzene rings is 1. The summed E-state index contributed by atoms with van der Waals surface area (Å²) in [5, 5.41) is 2.95. The zero-order chi connectivity index (χ0) is 17.9. The molecule has 1 aromatic heterocycles. The number of aromatic nitrogens is 1. The summed E-state index contributed by atoms with van der Waals surface area (Å²) in [6, 6.07) is 5.40. The Morgan fingerprint density at radius 3 is 2.46 bits per heavy atom. The number of alkyl halides is 3. The third kappa shape index (κ3) is 4.10. The molecule has 128 valence electrons. The average molecular weight is 379 g/mol. The predicted molar refractivity (Wildman–Crippen MR) is 83.4 cm³/mol. The molecule has 0 fully saturated rings. The fourth-order valence-electron chi connectivity index (χ4n) is 1.93. The van der Waals surface area contributed by atoms with Crippen LogP contribution in [0.4, 0.5) is 13.2 Å². The molecule has 1 N–H and O–H groups in total. The fourth-order valence-corrected chi connectivity index (χ4v) is 2.46. The van der Waals surface area contributed by atoms with Crippen LogP contribution in [-0.2, 0) is 12.7 Å². The van der Waals surface area contributed by atoms with E-state index in [1.165, 1.54) is 7.11 Å². The number of halogens is 5. The topological polar surface area (TPSA) is 51.2 Å². The van der Waals surface area contributed by atoms with Crippen molar-refractivity contribution < 1.29 is 22.7 Å². The molecule has 0 aliphatic heterocycles. The normalized spacial score (nSPS) is 11.2. The van der Waals surface area contributed by atoms with Gasteiger partial charge in [-0.05, 0) is 12.1 Å². The van der Waals surface area contributed by atoms with E-state index in [9.17, 15) is 18.0 Å². The lowest BCUT2D eigenvalue weighted by molar-refractivity contribution is -0.138. The SMILES string of the molecule is COc1cc(C(F)(F)F)c(C(=O)NCc2c(Cl)cccc2Cl)cn1. The van der Waals surface area contributed by atoms with Gasteiger partial charge in [-0.2, -0.15) is 13.2 Å². The van der Waals surface area contributed by atoms with Crippen LogP contribution in [0.5, 0.6) is 5.88 Å². The Labute approximate surface area is 145 Å². The van der Waals surface area contributed by atoms with Crippen LogP contribution < -0.4 is 10.1 Å². The van der Waals surface area contributed by atoms with Gasteiger partial charge in [0.1, 0.15) is 0 Å². The van der Waals surface area contributed by atoms with Crippen LogP contribution in [0, 0.1) is 0 Å². The molecular formula is C15H11Cl2F3N2O2. The summed E-state index contributed by atoms with van der Waals surface area (Å²) in [5.41, 5.74) is -1.35. The van der Waals surface area contributed by atoms with E-state index in [1.54, 1.807) is 18.2 Å². The number of carbonyl (C=O) groups is 1. The molecule has 9 heteroatoms. The summed E-state index contributed by atoms with van der Waals surface area (Å²) < 4.78 is 44.0. The Bertz CT molecular complexity index is 747. The molecule has 1 aromatic carbocycles. The van der Waals surface area contributed by atoms with Gasteiger partial charge < -0.3 is 10.1 Å². The van der Waals surface area contributed by atoms with Crippen molar-refractivity contribution in [2.75, 3.05) is 7.11 Å². The first-order valence-electron chi connectivity index (χ1n) is 6.56. The molecule has 0 saturated carbocycles. The van der Waals surface area contributed by atoms with Crippen molar-refractivity contribution >= 4 is 29.1 Å². The number of amides is 1. The number of methoxy groups -OCH3 is 1. The maximum absolute atomic E-state index is 13.1. The second kappa shape index (κ2) is 7.27. The summed E-state index contributed by atoms with van der Waals surface area (Å²) in [6.07, 6.45) is -3.92. The maximum Gasteiger partial charge on any atom is 0.417 e. The van der Waals surface area contributed by atoms with Gasteiger partial charge in [-0.3, -0.25) is 4.79 Å². The number of carbonyl (C=O) groups excluding carboxylic acids is 1. The summed E-state index contributed by atoms with van der Waals surface area (Å²) in [4.78, 5) is 15.8. The van der Waals surface area contributed by atoms with E-state index in [1.807, 2.05) is 0 Å². The lowest BCUT2D eigenvalue weighted by Crippen LogP contribution is -2.26. The Kier molecular flexibility index (Phi) is 5.56. The second-order valence-electron chi connectivity index (χ2n) is 4.65. The van der Waals surface area contributed by atoms with Crippen molar-refractivity contribution in [1.82, 2.24) is 10.3 Å². The first-order valence-corrected chi connectivity index (χ1v) is 7.32. The monoisotopic (exact) mass is 378 g/mol. The van der Waals surface area contributed by atoms with Crippen molar-refractivity contribution in [3.63, 3.8) is 0 Å². The molecular weight excluding hydrogens is 368 g/mol. The summed E-state index contributed by atoms with van der Waals surface area (Å²) in [6.45, 7) is -0.124. The van der Waals surface area contributed by atoms with Gasteiger partial charge in [-0.1, -0.05) is 29.3 Å². The van der Waals surface area contributed by atoms with Gasteiger partial charge in [0.05, 0.1) is 18.2 Å². The van der Waals surface area contributed by atoms with Crippen molar-refractivity contribution in [3.05, 3.63) is 57.2 Å². The van der Waals surface area contributed by atoms with Crippen LogP contribution in [0.2, 0.25) is 10.0 Å². The highest BCUT2D eigenvalue weighted by atomic mass is 35.5. The average Bonchev–Trinajstić information content (AvgIpc) is 2.52. The second-order valence-corrected chi connectivity index (χ2v) is 5.47. The van der Waals surface area contributed by atoms with Gasteiger partial charge in [0, 0.05) is 34.4 Å². The van der Waals surface area contributed by atoms with E-state index in [0.29, 0.717) is 21.7 Å². The highest BCUT2D eigenvalue weighted by molar-refractivity contribution is 6.36. The molecule has 0 unspecified atom stereocenters. The number of rotatable bonds is 4. The van der Waals surface area contributed by atoms with E-state index >= 15 is 0 Å². The van der Waals surface area contributed by atoms with E-state index in [-0.39, 0.29) is 12.4 Å². The van der Waals surface area contributed by atoms with Crippen LogP contribution in [-0.4, -0.2) is 18.0 Å². The molecule has 0 atom stereocenters. The van der Waals surface area contributed by atoms with Gasteiger partial charge >= 0.3 is 6.18 Å². The van der Waals surface area contributed by atoms with Gasteiger partial charge in [0.25, 0.3) is 5.91 Å². The Hall–Kier alpha value is -1.99. The van der Waals surface area contributed by atoms with Crippen LogP contribution in [0.15, 0.2) is 30.5 Å². The summed E-state index contributed by atoms with van der Waals surface area (Å²) in [5.74, 6) is -1.19. The van der Waals surface area contributed by atoms with Gasteiger partial charge in [-0.25, -0.2) is 4.98 Å². The van der Waals surface area contributed by atoms with Crippen LogP contribution in [0.3, 0.4) is 0 Å². The minimum Gasteiger partial charge on any atom is -0.481 e. The molecule has 0 aliphatic rings. The van der Waals surface area contributed by atoms with E-state index in [2.05, 4.69) is 15.0 Å². The highest BCUT2D eigenvalue weighted by Gasteiger charge is 2.36. The fraction of sp³-hybridized carbons (Fsp3) is 0.200. The maximum atomic E-state index is 13.1. The molecule has 2 rings (SSSR count). The van der Waals surface area contributed by atoms with Gasteiger partial charge in [-0.15, -0.1) is 0 Å². The molecule has 1 amide bonds. The van der Waals surface area contributed by atoms with Gasteiger partial charge in [0.2, 0.25) is 5.88 Å². The molecule has 1 heterocycles. The number of hydrogen-bond donors (Lipinski definition) is 1. The molecule has 4 nitrogen and oxygen atoms in total. The van der Waals surface area contributed by atoms with E-state index in [4.69, 9.17) is 23.2 Å². The van der Waals surface area contributed by atoms with Crippen LogP contribution in [0.1, 0.15) is 21.5 Å². The standard InChI is InChI=1S/C15H11Cl2F3N2O2/c1-24-13-5-10(15(18,19)20)8(6-21-13)14(23)22-7-9-11(16)3-2-4-12(9)17/h2-6H,7H2,1H3,(H,22,23). The predicted octanol–water partition coefficient (Wildman–Crippen LogP) is 4.35. The van der Waals surface area contributed by atoms with E-state index in [0.717, 1.165) is 6.20 Å². The van der Waals surface area contributed by atoms with E-state index < -0.39 is 23.2 Å². The first kappa shape index (κ1) is 18.4. The molecule has 0 saturated heterocycles. The molecule has 0 radical (unpaired) electrons. The Balaban J connectivity index is 2.27. The quantitative estimate of drug-likeness (QED) is 0.860. The Morgan fingerprint density at radius 2 is 1.92 bits per heavy atom. The third-order valence-corrected chi connectivity index (χ3v) is 3.83. The van der Waals surface area contributed by atoms with Crippen molar-refractivity contribution in [1.29, 1.82) is 0 Å². The molecule has 0 aliphatic carbocycles. The lowest BCUT2D eigenvalue weighted by Gasteiger charge is -2.14. The third-order valence-electron chi connectivity index (χ3n) is 3.13. The summed E-state index contributed by atoms with van der Waals surface area (Å²) >= 11 is 11.9. The van der Waals surface area contributed by atoms with Crippen molar-refractivity contribution in [2.24, 2.45) is 0 Å². The first-order chi connectivity index (χ1) is 11.2. The largest absolute Gasteiger partial charge is 0.481 e. The van der Waals surface area contributed by atoms with Crippen LogP contribution >= 0.6 is 23.2 Å². The number of pyridine rings is 1. The Morgan fingerprint density at radius 1 is 1.29 bits per heavy atom.